The molecule has 5 heteroatoms. The van der Waals surface area contributed by atoms with Crippen molar-refractivity contribution in [1.82, 2.24) is 9.97 Å². The summed E-state index contributed by atoms with van der Waals surface area (Å²) in [5.74, 6) is 1.41. The van der Waals surface area contributed by atoms with Crippen molar-refractivity contribution < 1.29 is 0 Å². The summed E-state index contributed by atoms with van der Waals surface area (Å²) >= 11 is 7.84. The smallest absolute Gasteiger partial charge is 0.225 e. The van der Waals surface area contributed by atoms with E-state index < -0.39 is 0 Å². The fourth-order valence-corrected chi connectivity index (χ4v) is 4.26. The lowest BCUT2D eigenvalue weighted by atomic mass is 9.97. The molecule has 1 aromatic carbocycles. The Morgan fingerprint density at radius 3 is 2.33 bits per heavy atom. The average molecular weight is 360 g/mol. The van der Waals surface area contributed by atoms with Gasteiger partial charge in [-0.25, -0.2) is 4.98 Å². The number of anilines is 1. The number of hydrogen-bond acceptors (Lipinski definition) is 4. The highest BCUT2D eigenvalue weighted by Crippen LogP contribution is 2.42. The second-order valence-corrected chi connectivity index (χ2v) is 7.84. The molecule has 0 atom stereocenters. The molecule has 2 heterocycles. The topological polar surface area (TPSA) is 29.0 Å². The van der Waals surface area contributed by atoms with Crippen molar-refractivity contribution in [3.63, 3.8) is 0 Å². The molecule has 0 N–H and O–H groups in total. The monoisotopic (exact) mass is 359 g/mol. The Hall–Kier alpha value is -1.65. The normalized spacial score (nSPS) is 11.5. The zero-order valence-electron chi connectivity index (χ0n) is 14.7. The molecule has 0 aliphatic carbocycles. The number of halogens is 1. The van der Waals surface area contributed by atoms with Gasteiger partial charge in [-0.3, -0.25) is 0 Å². The zero-order chi connectivity index (χ0) is 17.4. The van der Waals surface area contributed by atoms with Crippen molar-refractivity contribution >= 4 is 39.0 Å². The molecule has 3 rings (SSSR count). The summed E-state index contributed by atoms with van der Waals surface area (Å²) in [5.41, 5.74) is 3.81. The van der Waals surface area contributed by atoms with Gasteiger partial charge in [0.15, 0.2) is 0 Å². The highest BCUT2D eigenvalue weighted by atomic mass is 35.5. The van der Waals surface area contributed by atoms with E-state index in [2.05, 4.69) is 55.0 Å². The van der Waals surface area contributed by atoms with Crippen molar-refractivity contribution in [3.05, 3.63) is 40.0 Å². The predicted molar refractivity (Wildman–Crippen MR) is 106 cm³/mol. The molecule has 3 aromatic rings. The maximum absolute atomic E-state index is 6.13. The van der Waals surface area contributed by atoms with Crippen LogP contribution in [0.4, 0.5) is 5.82 Å². The fourth-order valence-electron chi connectivity index (χ4n) is 2.92. The molecule has 24 heavy (non-hydrogen) atoms. The minimum atomic E-state index is 0.303. The van der Waals surface area contributed by atoms with E-state index in [9.17, 15) is 0 Å². The Bertz CT molecular complexity index is 866. The van der Waals surface area contributed by atoms with E-state index in [0.29, 0.717) is 11.2 Å². The summed E-state index contributed by atoms with van der Waals surface area (Å²) in [6, 6.07) is 8.86. The molecule has 0 bridgehead atoms. The molecule has 126 valence electrons. The number of aryl methyl sites for hydroxylation is 1. The highest BCUT2D eigenvalue weighted by Gasteiger charge is 2.20. The molecular weight excluding hydrogens is 338 g/mol. The van der Waals surface area contributed by atoms with Gasteiger partial charge in [0, 0.05) is 24.5 Å². The molecule has 2 aromatic heterocycles. The van der Waals surface area contributed by atoms with Crippen LogP contribution in [0, 0.1) is 0 Å². The third-order valence-corrected chi connectivity index (χ3v) is 5.59. The molecule has 0 unspecified atom stereocenters. The molecular formula is C19H22ClN3S. The molecule has 0 saturated carbocycles. The van der Waals surface area contributed by atoms with E-state index in [-0.39, 0.29) is 0 Å². The average Bonchev–Trinajstić information content (AvgIpc) is 2.92. The SMILES string of the molecule is CCc1sc2nc(Cl)nc(N(C)C)c2c1-c1ccc(C(C)C)cc1. The van der Waals surface area contributed by atoms with Gasteiger partial charge in [-0.05, 0) is 35.1 Å². The van der Waals surface area contributed by atoms with E-state index >= 15 is 0 Å². The Kier molecular flexibility index (Phi) is 4.79. The van der Waals surface area contributed by atoms with Crippen LogP contribution in [0.1, 0.15) is 37.1 Å². The molecule has 0 fully saturated rings. The van der Waals surface area contributed by atoms with Crippen molar-refractivity contribution in [2.24, 2.45) is 0 Å². The van der Waals surface area contributed by atoms with Crippen molar-refractivity contribution in [2.75, 3.05) is 19.0 Å². The minimum absolute atomic E-state index is 0.303. The van der Waals surface area contributed by atoms with Crippen LogP contribution in [0.3, 0.4) is 0 Å². The molecule has 0 amide bonds. The largest absolute Gasteiger partial charge is 0.362 e. The van der Waals surface area contributed by atoms with Gasteiger partial charge in [0.25, 0.3) is 0 Å². The number of fused-ring (bicyclic) bond motifs is 1. The van der Waals surface area contributed by atoms with E-state index in [1.807, 2.05) is 19.0 Å². The lowest BCUT2D eigenvalue weighted by Gasteiger charge is -2.14. The lowest BCUT2D eigenvalue weighted by Crippen LogP contribution is -2.11. The Morgan fingerprint density at radius 2 is 1.79 bits per heavy atom. The van der Waals surface area contributed by atoms with Gasteiger partial charge in [-0.1, -0.05) is 45.0 Å². The van der Waals surface area contributed by atoms with Gasteiger partial charge in [0.05, 0.1) is 5.39 Å². The highest BCUT2D eigenvalue weighted by molar-refractivity contribution is 7.19. The van der Waals surface area contributed by atoms with Gasteiger partial charge in [0.2, 0.25) is 5.28 Å². The standard InChI is InChI=1S/C19H22ClN3S/c1-6-14-15(13-9-7-12(8-10-13)11(2)3)16-17(23(4)5)21-19(20)22-18(16)24-14/h7-11H,6H2,1-5H3. The second-order valence-electron chi connectivity index (χ2n) is 6.42. The van der Waals surface area contributed by atoms with Crippen molar-refractivity contribution in [1.29, 1.82) is 0 Å². The van der Waals surface area contributed by atoms with Gasteiger partial charge < -0.3 is 4.90 Å². The molecule has 0 saturated heterocycles. The van der Waals surface area contributed by atoms with Gasteiger partial charge >= 0.3 is 0 Å². The predicted octanol–water partition coefficient (Wildman–Crippen LogP) is 5.76. The molecule has 3 nitrogen and oxygen atoms in total. The van der Waals surface area contributed by atoms with E-state index in [0.717, 1.165) is 22.5 Å². The first-order valence-electron chi connectivity index (χ1n) is 8.19. The first kappa shape index (κ1) is 17.2. The van der Waals surface area contributed by atoms with Crippen LogP contribution in [-0.2, 0) is 6.42 Å². The summed E-state index contributed by atoms with van der Waals surface area (Å²) in [5, 5.41) is 1.40. The Balaban J connectivity index is 2.29. The number of nitrogens with zero attached hydrogens (tertiary/aromatic N) is 3. The summed E-state index contributed by atoms with van der Waals surface area (Å²) < 4.78 is 0. The van der Waals surface area contributed by atoms with Gasteiger partial charge in [-0.2, -0.15) is 4.98 Å². The van der Waals surface area contributed by atoms with Crippen LogP contribution in [0.25, 0.3) is 21.3 Å². The number of aromatic nitrogens is 2. The first-order valence-corrected chi connectivity index (χ1v) is 9.38. The second kappa shape index (κ2) is 6.69. The van der Waals surface area contributed by atoms with Crippen LogP contribution in [0.2, 0.25) is 5.28 Å². The van der Waals surface area contributed by atoms with E-state index in [1.165, 1.54) is 21.6 Å². The summed E-state index contributed by atoms with van der Waals surface area (Å²) in [4.78, 5) is 13.2. The Morgan fingerprint density at radius 1 is 1.12 bits per heavy atom. The number of rotatable bonds is 4. The quantitative estimate of drug-likeness (QED) is 0.554. The molecule has 0 radical (unpaired) electrons. The molecule has 0 aliphatic rings. The van der Waals surface area contributed by atoms with Gasteiger partial charge in [0.1, 0.15) is 10.6 Å². The minimum Gasteiger partial charge on any atom is -0.362 e. The summed E-state index contributed by atoms with van der Waals surface area (Å²) in [6.45, 7) is 6.61. The van der Waals surface area contributed by atoms with Crippen LogP contribution in [-0.4, -0.2) is 24.1 Å². The molecule has 0 aliphatic heterocycles. The van der Waals surface area contributed by atoms with Crippen LogP contribution in [0.15, 0.2) is 24.3 Å². The number of benzene rings is 1. The van der Waals surface area contributed by atoms with E-state index in [4.69, 9.17) is 11.6 Å². The summed E-state index contributed by atoms with van der Waals surface area (Å²) in [7, 11) is 3.99. The third kappa shape index (κ3) is 3.01. The van der Waals surface area contributed by atoms with Crippen LogP contribution >= 0.6 is 22.9 Å². The number of hydrogen-bond donors (Lipinski definition) is 0. The van der Waals surface area contributed by atoms with Crippen molar-refractivity contribution in [3.8, 4) is 11.1 Å². The van der Waals surface area contributed by atoms with E-state index in [1.54, 1.807) is 11.3 Å². The van der Waals surface area contributed by atoms with Crippen molar-refractivity contribution in [2.45, 2.75) is 33.1 Å². The Labute approximate surface area is 152 Å². The lowest BCUT2D eigenvalue weighted by molar-refractivity contribution is 0.867. The first-order chi connectivity index (χ1) is 11.4. The van der Waals surface area contributed by atoms with Gasteiger partial charge in [-0.15, -0.1) is 11.3 Å². The fraction of sp³-hybridized carbons (Fsp3) is 0.368. The van der Waals surface area contributed by atoms with Crippen LogP contribution in [0.5, 0.6) is 0 Å². The van der Waals surface area contributed by atoms with Crippen LogP contribution < -0.4 is 4.90 Å². The maximum Gasteiger partial charge on any atom is 0.225 e. The maximum atomic E-state index is 6.13. The summed E-state index contributed by atoms with van der Waals surface area (Å²) in [6.07, 6.45) is 0.965. The zero-order valence-corrected chi connectivity index (χ0v) is 16.3. The molecule has 0 spiro atoms. The third-order valence-electron chi connectivity index (χ3n) is 4.19. The number of thiophene rings is 1.